The third kappa shape index (κ3) is 2.55. The van der Waals surface area contributed by atoms with Gasteiger partial charge in [-0.05, 0) is 30.7 Å². The van der Waals surface area contributed by atoms with Gasteiger partial charge in [-0.25, -0.2) is 0 Å². The molecule has 4 rings (SSSR count). The van der Waals surface area contributed by atoms with Crippen molar-refractivity contribution in [3.05, 3.63) is 70.8 Å². The van der Waals surface area contributed by atoms with Crippen LogP contribution in [-0.4, -0.2) is 25.1 Å². The number of aryl methyl sites for hydroxylation is 1. The topological polar surface area (TPSA) is 81.3 Å². The fourth-order valence-electron chi connectivity index (χ4n) is 2.89. The van der Waals surface area contributed by atoms with Crippen LogP contribution >= 0.6 is 0 Å². The van der Waals surface area contributed by atoms with Crippen molar-refractivity contribution in [1.29, 1.82) is 0 Å². The average Bonchev–Trinajstić information content (AvgIpc) is 3.11. The molecule has 0 saturated heterocycles. The number of fused-ring (bicyclic) bond motifs is 3. The van der Waals surface area contributed by atoms with Crippen LogP contribution in [0.1, 0.15) is 5.56 Å². The predicted octanol–water partition coefficient (Wildman–Crippen LogP) is 1.99. The summed E-state index contributed by atoms with van der Waals surface area (Å²) in [6.07, 6.45) is 1.50. The summed E-state index contributed by atoms with van der Waals surface area (Å²) in [4.78, 5) is 25.2. The third-order valence-corrected chi connectivity index (χ3v) is 4.14. The minimum atomic E-state index is -0.351. The summed E-state index contributed by atoms with van der Waals surface area (Å²) >= 11 is 0. The van der Waals surface area contributed by atoms with Crippen molar-refractivity contribution in [3.8, 4) is 0 Å². The van der Waals surface area contributed by atoms with Crippen LogP contribution in [0.3, 0.4) is 0 Å². The number of carbonyl (C=O) groups excluding carboxylic acids is 1. The van der Waals surface area contributed by atoms with Gasteiger partial charge in [0.25, 0.3) is 5.56 Å². The molecule has 0 aliphatic carbocycles. The number of para-hydroxylation sites is 3. The number of benzene rings is 2. The second-order valence-corrected chi connectivity index (χ2v) is 5.77. The molecule has 2 heterocycles. The zero-order valence-corrected chi connectivity index (χ0v) is 13.5. The summed E-state index contributed by atoms with van der Waals surface area (Å²) in [5.74, 6) is -0.273. The number of nitrogens with zero attached hydrogens (tertiary/aromatic N) is 4. The van der Waals surface area contributed by atoms with Gasteiger partial charge in [0.15, 0.2) is 0 Å². The molecular formula is C18H15N5O2. The fourth-order valence-corrected chi connectivity index (χ4v) is 2.89. The van der Waals surface area contributed by atoms with Gasteiger partial charge in [-0.3, -0.25) is 18.6 Å². The van der Waals surface area contributed by atoms with E-state index in [1.54, 1.807) is 10.5 Å². The van der Waals surface area contributed by atoms with Crippen molar-refractivity contribution < 1.29 is 4.79 Å². The van der Waals surface area contributed by atoms with Crippen molar-refractivity contribution in [1.82, 2.24) is 19.2 Å². The van der Waals surface area contributed by atoms with Crippen LogP contribution in [-0.2, 0) is 11.3 Å². The van der Waals surface area contributed by atoms with Crippen molar-refractivity contribution in [2.45, 2.75) is 13.5 Å². The second kappa shape index (κ2) is 5.86. The molecule has 0 saturated carbocycles. The number of amides is 1. The minimum absolute atomic E-state index is 0.100. The normalized spacial score (nSPS) is 11.1. The van der Waals surface area contributed by atoms with Crippen LogP contribution < -0.4 is 10.9 Å². The Balaban J connectivity index is 1.78. The van der Waals surface area contributed by atoms with Crippen molar-refractivity contribution in [2.75, 3.05) is 5.32 Å². The molecule has 2 aromatic heterocycles. The maximum atomic E-state index is 12.7. The number of rotatable bonds is 3. The first kappa shape index (κ1) is 15.1. The molecule has 1 N–H and O–H groups in total. The number of hydrogen-bond acceptors (Lipinski definition) is 4. The maximum absolute atomic E-state index is 12.7. The standard InChI is InChI=1S/C18H15N5O2/c1-12-6-2-3-7-13(12)20-16(24)10-22-14-8-4-5-9-15(14)23-11-19-21-17(23)18(22)25/h2-9,11H,10H2,1H3,(H,20,24). The van der Waals surface area contributed by atoms with Gasteiger partial charge in [-0.1, -0.05) is 30.3 Å². The fraction of sp³-hybridized carbons (Fsp3) is 0.111. The third-order valence-electron chi connectivity index (χ3n) is 4.14. The van der Waals surface area contributed by atoms with Crippen molar-refractivity contribution in [2.24, 2.45) is 0 Å². The molecule has 0 bridgehead atoms. The highest BCUT2D eigenvalue weighted by molar-refractivity contribution is 5.92. The van der Waals surface area contributed by atoms with Crippen LogP contribution in [0.4, 0.5) is 5.69 Å². The van der Waals surface area contributed by atoms with E-state index in [9.17, 15) is 9.59 Å². The summed E-state index contributed by atoms with van der Waals surface area (Å²) < 4.78 is 3.06. The smallest absolute Gasteiger partial charge is 0.297 e. The van der Waals surface area contributed by atoms with E-state index in [2.05, 4.69) is 15.5 Å². The van der Waals surface area contributed by atoms with E-state index in [0.717, 1.165) is 16.8 Å². The Morgan fingerprint density at radius 3 is 2.60 bits per heavy atom. The molecule has 25 heavy (non-hydrogen) atoms. The van der Waals surface area contributed by atoms with Crippen molar-refractivity contribution in [3.63, 3.8) is 0 Å². The zero-order chi connectivity index (χ0) is 17.4. The van der Waals surface area contributed by atoms with Gasteiger partial charge >= 0.3 is 0 Å². The van der Waals surface area contributed by atoms with Gasteiger partial charge in [-0.2, -0.15) is 0 Å². The molecule has 0 unspecified atom stereocenters. The van der Waals surface area contributed by atoms with E-state index in [0.29, 0.717) is 5.52 Å². The molecule has 4 aromatic rings. The van der Waals surface area contributed by atoms with Crippen LogP contribution in [0.2, 0.25) is 0 Å². The Morgan fingerprint density at radius 2 is 1.80 bits per heavy atom. The molecule has 0 aliphatic rings. The van der Waals surface area contributed by atoms with E-state index < -0.39 is 0 Å². The molecule has 7 nitrogen and oxygen atoms in total. The lowest BCUT2D eigenvalue weighted by Crippen LogP contribution is -2.29. The molecule has 7 heteroatoms. The first-order valence-corrected chi connectivity index (χ1v) is 7.82. The quantitative estimate of drug-likeness (QED) is 0.622. The first-order chi connectivity index (χ1) is 12.1. The predicted molar refractivity (Wildman–Crippen MR) is 94.6 cm³/mol. The van der Waals surface area contributed by atoms with Gasteiger partial charge in [0, 0.05) is 5.69 Å². The number of carbonyl (C=O) groups is 1. The Kier molecular flexibility index (Phi) is 3.53. The monoisotopic (exact) mass is 333 g/mol. The Bertz CT molecular complexity index is 1160. The highest BCUT2D eigenvalue weighted by Crippen LogP contribution is 2.15. The SMILES string of the molecule is Cc1ccccc1NC(=O)Cn1c(=O)c2nncn2c2ccccc21. The van der Waals surface area contributed by atoms with Gasteiger partial charge in [0.05, 0.1) is 11.0 Å². The van der Waals surface area contributed by atoms with E-state index in [1.807, 2.05) is 49.4 Å². The van der Waals surface area contributed by atoms with Gasteiger partial charge < -0.3 is 5.32 Å². The van der Waals surface area contributed by atoms with E-state index in [1.165, 1.54) is 10.9 Å². The summed E-state index contributed by atoms with van der Waals surface area (Å²) in [7, 11) is 0. The molecule has 2 aromatic carbocycles. The molecule has 0 aliphatic heterocycles. The molecule has 0 radical (unpaired) electrons. The van der Waals surface area contributed by atoms with Gasteiger partial charge in [-0.15, -0.1) is 10.2 Å². The van der Waals surface area contributed by atoms with Gasteiger partial charge in [0.1, 0.15) is 12.9 Å². The molecule has 0 fully saturated rings. The molecule has 0 atom stereocenters. The number of aromatic nitrogens is 4. The molecule has 124 valence electrons. The van der Waals surface area contributed by atoms with Crippen molar-refractivity contribution >= 4 is 28.3 Å². The number of anilines is 1. The zero-order valence-electron chi connectivity index (χ0n) is 13.5. The number of hydrogen-bond donors (Lipinski definition) is 1. The Hall–Kier alpha value is -3.48. The summed E-state index contributed by atoms with van der Waals surface area (Å²) in [5.41, 5.74) is 2.96. The molecule has 0 spiro atoms. The second-order valence-electron chi connectivity index (χ2n) is 5.77. The molecular weight excluding hydrogens is 318 g/mol. The maximum Gasteiger partial charge on any atom is 0.297 e. The average molecular weight is 333 g/mol. The molecule has 1 amide bonds. The Labute approximate surface area is 142 Å². The summed E-state index contributed by atoms with van der Waals surface area (Å²) in [6, 6.07) is 14.9. The lowest BCUT2D eigenvalue weighted by atomic mass is 10.2. The minimum Gasteiger partial charge on any atom is -0.324 e. The van der Waals surface area contributed by atoms with Crippen LogP contribution in [0.25, 0.3) is 16.7 Å². The van der Waals surface area contributed by atoms with Crippen LogP contribution in [0.5, 0.6) is 0 Å². The highest BCUT2D eigenvalue weighted by atomic mass is 16.2. The Morgan fingerprint density at radius 1 is 1.08 bits per heavy atom. The van der Waals surface area contributed by atoms with E-state index in [-0.39, 0.29) is 23.7 Å². The van der Waals surface area contributed by atoms with E-state index >= 15 is 0 Å². The lowest BCUT2D eigenvalue weighted by Gasteiger charge is -2.12. The first-order valence-electron chi connectivity index (χ1n) is 7.82. The number of nitrogens with one attached hydrogen (secondary N) is 1. The van der Waals surface area contributed by atoms with Crippen LogP contribution in [0, 0.1) is 6.92 Å². The van der Waals surface area contributed by atoms with E-state index in [4.69, 9.17) is 0 Å². The summed E-state index contributed by atoms with van der Waals surface area (Å²) in [5, 5.41) is 10.5. The van der Waals surface area contributed by atoms with Crippen LogP contribution in [0.15, 0.2) is 59.7 Å². The summed E-state index contributed by atoms with van der Waals surface area (Å²) in [6.45, 7) is 1.82. The lowest BCUT2D eigenvalue weighted by molar-refractivity contribution is -0.116. The largest absolute Gasteiger partial charge is 0.324 e. The van der Waals surface area contributed by atoms with Gasteiger partial charge in [0.2, 0.25) is 11.6 Å². The highest BCUT2D eigenvalue weighted by Gasteiger charge is 2.14.